The maximum absolute atomic E-state index is 5.77. The Morgan fingerprint density at radius 1 is 1.24 bits per heavy atom. The summed E-state index contributed by atoms with van der Waals surface area (Å²) < 4.78 is 5.77. The fourth-order valence-electron chi connectivity index (χ4n) is 3.60. The number of fused-ring (bicyclic) bond motifs is 4. The topological polar surface area (TPSA) is 34.0 Å². The lowest BCUT2D eigenvalue weighted by molar-refractivity contribution is 0.106. The highest BCUT2D eigenvalue weighted by Crippen LogP contribution is 2.46. The van der Waals surface area contributed by atoms with Crippen molar-refractivity contribution in [1.82, 2.24) is 0 Å². The molecule has 0 amide bonds. The quantitative estimate of drug-likeness (QED) is 0.627. The third-order valence-corrected chi connectivity index (χ3v) is 4.41. The fourth-order valence-corrected chi connectivity index (χ4v) is 3.60. The van der Waals surface area contributed by atoms with Crippen LogP contribution in [0.5, 0.6) is 0 Å². The maximum atomic E-state index is 5.77. The van der Waals surface area contributed by atoms with Gasteiger partial charge in [0.2, 0.25) is 0 Å². The molecule has 1 fully saturated rings. The summed E-state index contributed by atoms with van der Waals surface area (Å²) in [6.45, 7) is 0.892. The molecular formula is C14H16N2O. The molecule has 4 aliphatic rings. The lowest BCUT2D eigenvalue weighted by atomic mass is 9.77. The molecule has 0 aromatic heterocycles. The van der Waals surface area contributed by atoms with E-state index in [1.165, 1.54) is 29.8 Å². The van der Waals surface area contributed by atoms with Gasteiger partial charge in [0.05, 0.1) is 12.7 Å². The Labute approximate surface area is 101 Å². The van der Waals surface area contributed by atoms with Crippen molar-refractivity contribution in [3.63, 3.8) is 0 Å². The van der Waals surface area contributed by atoms with Crippen LogP contribution in [0.4, 0.5) is 0 Å². The van der Waals surface area contributed by atoms with Crippen molar-refractivity contribution >= 4 is 11.9 Å². The van der Waals surface area contributed by atoms with Gasteiger partial charge in [0, 0.05) is 35.7 Å². The van der Waals surface area contributed by atoms with Crippen LogP contribution in [-0.2, 0) is 4.74 Å². The van der Waals surface area contributed by atoms with Crippen LogP contribution < -0.4 is 0 Å². The van der Waals surface area contributed by atoms with Crippen LogP contribution in [0.25, 0.3) is 0 Å². The zero-order valence-electron chi connectivity index (χ0n) is 9.80. The molecule has 4 rings (SSSR count). The van der Waals surface area contributed by atoms with Crippen molar-refractivity contribution in [2.45, 2.75) is 31.8 Å². The van der Waals surface area contributed by atoms with Crippen LogP contribution in [0, 0.1) is 11.8 Å². The van der Waals surface area contributed by atoms with Gasteiger partial charge in [-0.2, -0.15) is 0 Å². The summed E-state index contributed by atoms with van der Waals surface area (Å²) in [5, 5.41) is 0. The highest BCUT2D eigenvalue weighted by atomic mass is 16.5. The van der Waals surface area contributed by atoms with Gasteiger partial charge < -0.3 is 4.74 Å². The number of allylic oxidation sites excluding steroid dienone is 2. The van der Waals surface area contributed by atoms with E-state index >= 15 is 0 Å². The molecule has 0 spiro atoms. The number of hydrogen-bond donors (Lipinski definition) is 0. The van der Waals surface area contributed by atoms with Crippen molar-refractivity contribution in [1.29, 1.82) is 0 Å². The van der Waals surface area contributed by atoms with Crippen LogP contribution in [0.2, 0.25) is 0 Å². The SMILES string of the molecule is C1=CC2=NC3=C4CCOC4CCC3C2CC=N1. The lowest BCUT2D eigenvalue weighted by Gasteiger charge is -2.27. The Balaban J connectivity index is 1.80. The molecule has 0 aromatic carbocycles. The minimum Gasteiger partial charge on any atom is -0.373 e. The molecule has 3 unspecified atom stereocenters. The number of nitrogens with zero attached hydrogens (tertiary/aromatic N) is 2. The average Bonchev–Trinajstić information content (AvgIpc) is 2.87. The van der Waals surface area contributed by atoms with E-state index in [0.717, 1.165) is 19.4 Å². The largest absolute Gasteiger partial charge is 0.373 e. The molecule has 0 bridgehead atoms. The van der Waals surface area contributed by atoms with Gasteiger partial charge in [-0.1, -0.05) is 0 Å². The zero-order chi connectivity index (χ0) is 11.2. The predicted octanol–water partition coefficient (Wildman–Crippen LogP) is 2.50. The van der Waals surface area contributed by atoms with E-state index in [1.54, 1.807) is 0 Å². The maximum Gasteiger partial charge on any atom is 0.0806 e. The highest BCUT2D eigenvalue weighted by Gasteiger charge is 2.41. The van der Waals surface area contributed by atoms with E-state index in [4.69, 9.17) is 9.73 Å². The van der Waals surface area contributed by atoms with Crippen molar-refractivity contribution in [2.24, 2.45) is 21.8 Å². The first-order chi connectivity index (χ1) is 8.43. The third-order valence-electron chi connectivity index (χ3n) is 4.41. The second kappa shape index (κ2) is 3.64. The third kappa shape index (κ3) is 1.38. The molecule has 3 nitrogen and oxygen atoms in total. The molecule has 0 saturated carbocycles. The van der Waals surface area contributed by atoms with Crippen molar-refractivity contribution < 1.29 is 4.74 Å². The molecule has 88 valence electrons. The first-order valence-corrected chi connectivity index (χ1v) is 6.55. The number of hydrogen-bond acceptors (Lipinski definition) is 3. The van der Waals surface area contributed by atoms with Crippen molar-refractivity contribution in [2.75, 3.05) is 6.61 Å². The van der Waals surface area contributed by atoms with Crippen LogP contribution >= 0.6 is 0 Å². The summed E-state index contributed by atoms with van der Waals surface area (Å²) in [7, 11) is 0. The van der Waals surface area contributed by atoms with Gasteiger partial charge in [0.15, 0.2) is 0 Å². The summed E-state index contributed by atoms with van der Waals surface area (Å²) in [5.41, 5.74) is 4.09. The van der Waals surface area contributed by atoms with E-state index < -0.39 is 0 Å². The Morgan fingerprint density at radius 2 is 2.24 bits per heavy atom. The van der Waals surface area contributed by atoms with Crippen LogP contribution in [0.1, 0.15) is 25.7 Å². The first kappa shape index (κ1) is 9.77. The van der Waals surface area contributed by atoms with E-state index in [1.807, 2.05) is 12.4 Å². The average molecular weight is 228 g/mol. The van der Waals surface area contributed by atoms with Crippen molar-refractivity contribution in [3.8, 4) is 0 Å². The number of rotatable bonds is 0. The molecule has 0 N–H and O–H groups in total. The minimum atomic E-state index is 0.380. The Bertz CT molecular complexity index is 473. The Kier molecular flexibility index (Phi) is 2.09. The summed E-state index contributed by atoms with van der Waals surface area (Å²) in [4.78, 5) is 9.11. The van der Waals surface area contributed by atoms with Crippen LogP contribution in [0.15, 0.2) is 33.5 Å². The van der Waals surface area contributed by atoms with Gasteiger partial charge in [-0.25, -0.2) is 0 Å². The molecule has 0 aromatic rings. The number of aliphatic imine (C=N–C) groups is 2. The van der Waals surface area contributed by atoms with Crippen LogP contribution in [-0.4, -0.2) is 24.6 Å². The van der Waals surface area contributed by atoms with E-state index in [0.29, 0.717) is 17.9 Å². The fraction of sp³-hybridized carbons (Fsp3) is 0.571. The second-order valence-corrected chi connectivity index (χ2v) is 5.23. The summed E-state index contributed by atoms with van der Waals surface area (Å²) in [5.74, 6) is 1.20. The van der Waals surface area contributed by atoms with Crippen LogP contribution in [0.3, 0.4) is 0 Å². The molecule has 1 saturated heterocycles. The van der Waals surface area contributed by atoms with E-state index in [2.05, 4.69) is 11.1 Å². The lowest BCUT2D eigenvalue weighted by Crippen LogP contribution is -2.24. The molecule has 0 radical (unpaired) electrons. The first-order valence-electron chi connectivity index (χ1n) is 6.55. The van der Waals surface area contributed by atoms with Gasteiger partial charge in [-0.15, -0.1) is 0 Å². The normalized spacial score (nSPS) is 38.6. The minimum absolute atomic E-state index is 0.380. The highest BCUT2D eigenvalue weighted by molar-refractivity contribution is 6.01. The Hall–Kier alpha value is -1.22. The number of ether oxygens (including phenoxy) is 1. The second-order valence-electron chi connectivity index (χ2n) is 5.23. The molecular weight excluding hydrogens is 212 g/mol. The molecule has 3 aliphatic heterocycles. The molecule has 3 heteroatoms. The van der Waals surface area contributed by atoms with Gasteiger partial charge in [-0.3, -0.25) is 9.98 Å². The van der Waals surface area contributed by atoms with Gasteiger partial charge in [0.1, 0.15) is 0 Å². The van der Waals surface area contributed by atoms with Gasteiger partial charge in [0.25, 0.3) is 0 Å². The Morgan fingerprint density at radius 3 is 3.24 bits per heavy atom. The van der Waals surface area contributed by atoms with E-state index in [9.17, 15) is 0 Å². The predicted molar refractivity (Wildman–Crippen MR) is 67.3 cm³/mol. The van der Waals surface area contributed by atoms with Gasteiger partial charge >= 0.3 is 0 Å². The molecule has 1 aliphatic carbocycles. The van der Waals surface area contributed by atoms with Gasteiger partial charge in [-0.05, 0) is 37.3 Å². The molecule has 3 atom stereocenters. The summed E-state index contributed by atoms with van der Waals surface area (Å²) in [6, 6.07) is 0. The summed E-state index contributed by atoms with van der Waals surface area (Å²) >= 11 is 0. The van der Waals surface area contributed by atoms with E-state index in [-0.39, 0.29) is 0 Å². The monoisotopic (exact) mass is 228 g/mol. The molecule has 3 heterocycles. The standard InChI is InChI=1S/C14H16N2O/c1-2-13-11(5-8-17-13)14-10(1)9-3-6-15-7-4-12(9)16-14/h4,6-7,9-10,13H,1-3,5,8H2. The van der Waals surface area contributed by atoms with Crippen molar-refractivity contribution in [3.05, 3.63) is 23.5 Å². The molecule has 17 heavy (non-hydrogen) atoms. The smallest absolute Gasteiger partial charge is 0.0806 e. The zero-order valence-corrected chi connectivity index (χ0v) is 9.80. The summed E-state index contributed by atoms with van der Waals surface area (Å²) in [6.07, 6.45) is 10.9.